The van der Waals surface area contributed by atoms with E-state index in [1.807, 2.05) is 6.92 Å². The number of nitrogens with one attached hydrogen (secondary N) is 2. The number of carbonyl (C=O) groups is 3. The predicted molar refractivity (Wildman–Crippen MR) is 129 cm³/mol. The first-order valence-corrected chi connectivity index (χ1v) is 11.7. The van der Waals surface area contributed by atoms with Crippen molar-refractivity contribution >= 4 is 46.8 Å². The molecule has 0 aliphatic carbocycles. The first kappa shape index (κ1) is 25.1. The van der Waals surface area contributed by atoms with E-state index in [2.05, 4.69) is 16.7 Å². The van der Waals surface area contributed by atoms with Crippen molar-refractivity contribution in [3.05, 3.63) is 69.7 Å². The molecule has 0 aromatic heterocycles. The standard InChI is InChI=1S/C24H22ClN3O5S/c1-3-33-15-10-8-14(9-11-15)27-19(29)13-34-23-17(12-26)20(16-6-4-5-7-18(16)25)21(22(30)28-23)24(31)32-2/h4-11,20-21H,3,13H2,1-2H3,(H,27,29)(H,28,30)/t20-,21-/m1/s1. The van der Waals surface area contributed by atoms with Crippen LogP contribution in [0.25, 0.3) is 0 Å². The van der Waals surface area contributed by atoms with Crippen molar-refractivity contribution in [2.75, 3.05) is 24.8 Å². The Labute approximate surface area is 206 Å². The van der Waals surface area contributed by atoms with Gasteiger partial charge in [0.1, 0.15) is 11.7 Å². The monoisotopic (exact) mass is 499 g/mol. The minimum Gasteiger partial charge on any atom is -0.494 e. The van der Waals surface area contributed by atoms with E-state index in [-0.39, 0.29) is 22.3 Å². The number of nitriles is 1. The molecular weight excluding hydrogens is 478 g/mol. The molecule has 8 nitrogen and oxygen atoms in total. The minimum atomic E-state index is -1.29. The number of hydrogen-bond acceptors (Lipinski definition) is 7. The molecule has 2 N–H and O–H groups in total. The number of esters is 1. The Morgan fingerprint density at radius 1 is 1.21 bits per heavy atom. The molecule has 10 heteroatoms. The molecule has 0 radical (unpaired) electrons. The van der Waals surface area contributed by atoms with Gasteiger partial charge < -0.3 is 20.1 Å². The SMILES string of the molecule is CCOc1ccc(NC(=O)CSC2=C(C#N)[C@@H](c3ccccc3Cl)[C@@H](C(=O)OC)C(=O)N2)cc1. The Bertz CT molecular complexity index is 1160. The zero-order chi connectivity index (χ0) is 24.7. The molecule has 2 atom stereocenters. The van der Waals surface area contributed by atoms with Crippen LogP contribution in [0.4, 0.5) is 5.69 Å². The summed E-state index contributed by atoms with van der Waals surface area (Å²) in [5, 5.41) is 15.8. The number of thioether (sulfide) groups is 1. The van der Waals surface area contributed by atoms with E-state index in [4.69, 9.17) is 21.1 Å². The van der Waals surface area contributed by atoms with Crippen molar-refractivity contribution in [2.45, 2.75) is 12.8 Å². The number of halogens is 1. The van der Waals surface area contributed by atoms with Gasteiger partial charge in [-0.1, -0.05) is 41.6 Å². The van der Waals surface area contributed by atoms with Crippen molar-refractivity contribution in [1.29, 1.82) is 5.26 Å². The average Bonchev–Trinajstić information content (AvgIpc) is 2.83. The second-order valence-corrected chi connectivity index (χ2v) is 8.53. The Kier molecular flexibility index (Phi) is 8.57. The molecule has 0 fully saturated rings. The largest absolute Gasteiger partial charge is 0.494 e. The minimum absolute atomic E-state index is 0.0772. The number of ether oxygens (including phenoxy) is 2. The van der Waals surface area contributed by atoms with Gasteiger partial charge >= 0.3 is 5.97 Å². The summed E-state index contributed by atoms with van der Waals surface area (Å²) in [6.45, 7) is 2.42. The van der Waals surface area contributed by atoms with Gasteiger partial charge in [0.25, 0.3) is 0 Å². The third-order valence-corrected chi connectivity index (χ3v) is 6.38. The molecule has 0 bridgehead atoms. The third kappa shape index (κ3) is 5.71. The lowest BCUT2D eigenvalue weighted by atomic mass is 9.78. The lowest BCUT2D eigenvalue weighted by Crippen LogP contribution is -2.44. The average molecular weight is 500 g/mol. The second kappa shape index (κ2) is 11.6. The topological polar surface area (TPSA) is 118 Å². The van der Waals surface area contributed by atoms with E-state index in [0.717, 1.165) is 11.8 Å². The fraction of sp³-hybridized carbons (Fsp3) is 0.250. The van der Waals surface area contributed by atoms with Crippen LogP contribution >= 0.6 is 23.4 Å². The summed E-state index contributed by atoms with van der Waals surface area (Å²) in [7, 11) is 1.17. The lowest BCUT2D eigenvalue weighted by molar-refractivity contribution is -0.150. The summed E-state index contributed by atoms with van der Waals surface area (Å²) >= 11 is 7.33. The van der Waals surface area contributed by atoms with Gasteiger partial charge in [-0.2, -0.15) is 5.26 Å². The maximum Gasteiger partial charge on any atom is 0.319 e. The van der Waals surface area contributed by atoms with Gasteiger partial charge in [0.05, 0.1) is 36.1 Å². The molecule has 0 unspecified atom stereocenters. The Morgan fingerprint density at radius 3 is 2.53 bits per heavy atom. The molecule has 0 saturated heterocycles. The van der Waals surface area contributed by atoms with E-state index in [1.54, 1.807) is 48.5 Å². The highest BCUT2D eigenvalue weighted by Crippen LogP contribution is 2.42. The summed E-state index contributed by atoms with van der Waals surface area (Å²) in [6, 6.07) is 15.7. The number of amides is 2. The molecule has 3 rings (SSSR count). The van der Waals surface area contributed by atoms with E-state index >= 15 is 0 Å². The Hall–Kier alpha value is -3.48. The Morgan fingerprint density at radius 2 is 1.91 bits per heavy atom. The molecule has 0 spiro atoms. The summed E-state index contributed by atoms with van der Waals surface area (Å²) in [5.74, 6) is -3.38. The highest BCUT2D eigenvalue weighted by molar-refractivity contribution is 8.03. The van der Waals surface area contributed by atoms with E-state index in [1.165, 1.54) is 7.11 Å². The van der Waals surface area contributed by atoms with E-state index in [9.17, 15) is 19.6 Å². The van der Waals surface area contributed by atoms with Crippen LogP contribution < -0.4 is 15.4 Å². The molecule has 2 aromatic carbocycles. The highest BCUT2D eigenvalue weighted by atomic mass is 35.5. The Balaban J connectivity index is 1.83. The number of nitrogens with zero attached hydrogens (tertiary/aromatic N) is 1. The lowest BCUT2D eigenvalue weighted by Gasteiger charge is -2.31. The van der Waals surface area contributed by atoms with Gasteiger partial charge in [-0.3, -0.25) is 14.4 Å². The van der Waals surface area contributed by atoms with Crippen LogP contribution in [0.3, 0.4) is 0 Å². The van der Waals surface area contributed by atoms with Crippen molar-refractivity contribution in [3.8, 4) is 11.8 Å². The zero-order valence-electron chi connectivity index (χ0n) is 18.5. The van der Waals surface area contributed by atoms with Crippen molar-refractivity contribution in [3.63, 3.8) is 0 Å². The van der Waals surface area contributed by atoms with Gasteiger partial charge in [0, 0.05) is 16.6 Å². The van der Waals surface area contributed by atoms with Crippen LogP contribution in [0.15, 0.2) is 59.1 Å². The molecule has 0 saturated carbocycles. The number of carbonyl (C=O) groups excluding carboxylic acids is 3. The molecular formula is C24H22ClN3O5S. The number of benzene rings is 2. The third-order valence-electron chi connectivity index (χ3n) is 5.02. The quantitative estimate of drug-likeness (QED) is 0.418. The van der Waals surface area contributed by atoms with E-state index < -0.39 is 23.7 Å². The fourth-order valence-electron chi connectivity index (χ4n) is 3.52. The van der Waals surface area contributed by atoms with Crippen LogP contribution in [0.1, 0.15) is 18.4 Å². The maximum absolute atomic E-state index is 12.9. The summed E-state index contributed by atoms with van der Waals surface area (Å²) in [5.41, 5.74) is 1.15. The van der Waals surface area contributed by atoms with Gasteiger partial charge in [-0.05, 0) is 42.8 Å². The molecule has 2 aromatic rings. The first-order chi connectivity index (χ1) is 16.4. The molecule has 2 amide bonds. The van der Waals surface area contributed by atoms with Crippen molar-refractivity contribution < 1.29 is 23.9 Å². The van der Waals surface area contributed by atoms with E-state index in [0.29, 0.717) is 28.6 Å². The van der Waals surface area contributed by atoms with Crippen LogP contribution in [-0.2, 0) is 19.1 Å². The molecule has 1 heterocycles. The zero-order valence-corrected chi connectivity index (χ0v) is 20.0. The fourth-order valence-corrected chi connectivity index (χ4v) is 4.62. The summed E-state index contributed by atoms with van der Waals surface area (Å²) in [6.07, 6.45) is 0. The summed E-state index contributed by atoms with van der Waals surface area (Å²) in [4.78, 5) is 37.8. The number of methoxy groups -OCH3 is 1. The molecule has 176 valence electrons. The van der Waals surface area contributed by atoms with Crippen molar-refractivity contribution in [1.82, 2.24) is 5.32 Å². The van der Waals surface area contributed by atoms with Crippen LogP contribution in [-0.4, -0.2) is 37.3 Å². The highest BCUT2D eigenvalue weighted by Gasteiger charge is 2.45. The molecule has 1 aliphatic heterocycles. The van der Waals surface area contributed by atoms with Gasteiger partial charge in [-0.15, -0.1) is 0 Å². The van der Waals surface area contributed by atoms with Gasteiger partial charge in [-0.25, -0.2) is 0 Å². The van der Waals surface area contributed by atoms with Crippen LogP contribution in [0, 0.1) is 17.2 Å². The smallest absolute Gasteiger partial charge is 0.319 e. The normalized spacial score (nSPS) is 17.4. The molecule has 1 aliphatic rings. The summed E-state index contributed by atoms with van der Waals surface area (Å²) < 4.78 is 10.2. The first-order valence-electron chi connectivity index (χ1n) is 10.3. The number of rotatable bonds is 8. The number of anilines is 1. The number of hydrogen-bond donors (Lipinski definition) is 2. The second-order valence-electron chi connectivity index (χ2n) is 7.14. The van der Waals surface area contributed by atoms with Gasteiger partial charge in [0.2, 0.25) is 11.8 Å². The number of allylic oxidation sites excluding steroid dienone is 1. The predicted octanol–water partition coefficient (Wildman–Crippen LogP) is 3.85. The van der Waals surface area contributed by atoms with Gasteiger partial charge in [0.15, 0.2) is 0 Å². The van der Waals surface area contributed by atoms with Crippen molar-refractivity contribution in [2.24, 2.45) is 5.92 Å². The van der Waals surface area contributed by atoms with Crippen LogP contribution in [0.5, 0.6) is 5.75 Å². The van der Waals surface area contributed by atoms with Crippen LogP contribution in [0.2, 0.25) is 5.02 Å². The molecule has 34 heavy (non-hydrogen) atoms. The maximum atomic E-state index is 12.9.